The first-order valence-corrected chi connectivity index (χ1v) is 11.8. The van der Waals surface area contributed by atoms with Crippen molar-refractivity contribution in [1.29, 1.82) is 0 Å². The number of anilines is 2. The normalized spacial score (nSPS) is 10.2. The maximum atomic E-state index is 12.5. The van der Waals surface area contributed by atoms with Crippen molar-refractivity contribution in [2.24, 2.45) is 0 Å². The zero-order valence-corrected chi connectivity index (χ0v) is 20.6. The predicted molar refractivity (Wildman–Crippen MR) is 147 cm³/mol. The minimum Gasteiger partial charge on any atom is -0.489 e. The maximum Gasteiger partial charge on any atom is 0.257 e. The summed E-state index contributed by atoms with van der Waals surface area (Å²) in [7, 11) is 0. The molecule has 8 heteroatoms. The first kappa shape index (κ1) is 24.9. The summed E-state index contributed by atoms with van der Waals surface area (Å²) in [6.45, 7) is 0.404. The highest BCUT2D eigenvalue weighted by atomic mass is 35.5. The summed E-state index contributed by atoms with van der Waals surface area (Å²) in [5.74, 6) is 0.194. The number of rotatable bonds is 7. The maximum absolute atomic E-state index is 12.5. The van der Waals surface area contributed by atoms with E-state index < -0.39 is 0 Å². The van der Waals surface area contributed by atoms with Crippen molar-refractivity contribution >= 4 is 52.1 Å². The van der Waals surface area contributed by atoms with Crippen LogP contribution in [0, 0.1) is 0 Å². The number of nitrogens with one attached hydrogen (secondary N) is 3. The van der Waals surface area contributed by atoms with Crippen LogP contribution < -0.4 is 20.7 Å². The fraction of sp³-hybridized carbons (Fsp3) is 0.0357. The number of para-hydroxylation sites is 1. The van der Waals surface area contributed by atoms with Gasteiger partial charge in [-0.1, -0.05) is 48.0 Å². The van der Waals surface area contributed by atoms with Gasteiger partial charge in [-0.25, -0.2) is 0 Å². The zero-order chi connectivity index (χ0) is 25.3. The average Bonchev–Trinajstić information content (AvgIpc) is 2.89. The summed E-state index contributed by atoms with van der Waals surface area (Å²) in [6, 6.07) is 30.3. The number of hydrogen-bond donors (Lipinski definition) is 3. The van der Waals surface area contributed by atoms with E-state index in [0.29, 0.717) is 34.1 Å². The van der Waals surface area contributed by atoms with E-state index in [1.54, 1.807) is 60.7 Å². The lowest BCUT2D eigenvalue weighted by Crippen LogP contribution is -2.34. The Hall–Kier alpha value is -4.20. The number of ether oxygens (including phenoxy) is 1. The fourth-order valence-electron chi connectivity index (χ4n) is 3.24. The minimum atomic E-state index is -0.326. The molecule has 0 atom stereocenters. The van der Waals surface area contributed by atoms with Gasteiger partial charge in [-0.2, -0.15) is 0 Å². The Morgan fingerprint density at radius 2 is 1.39 bits per heavy atom. The Bertz CT molecular complexity index is 1360. The number of halogens is 1. The third-order valence-electron chi connectivity index (χ3n) is 5.08. The second-order valence-corrected chi connectivity index (χ2v) is 8.59. The Kier molecular flexibility index (Phi) is 8.28. The predicted octanol–water partition coefficient (Wildman–Crippen LogP) is 6.30. The van der Waals surface area contributed by atoms with E-state index in [2.05, 4.69) is 16.0 Å². The van der Waals surface area contributed by atoms with Crippen molar-refractivity contribution in [1.82, 2.24) is 5.32 Å². The molecule has 3 N–H and O–H groups in total. The number of hydrogen-bond acceptors (Lipinski definition) is 4. The van der Waals surface area contributed by atoms with Gasteiger partial charge in [-0.05, 0) is 84.5 Å². The molecule has 0 spiro atoms. The summed E-state index contributed by atoms with van der Waals surface area (Å²) >= 11 is 11.2. The molecule has 0 fully saturated rings. The van der Waals surface area contributed by atoms with Crippen LogP contribution in [0.5, 0.6) is 5.75 Å². The molecule has 0 aliphatic heterocycles. The van der Waals surface area contributed by atoms with Gasteiger partial charge in [-0.3, -0.25) is 14.9 Å². The van der Waals surface area contributed by atoms with Crippen LogP contribution in [0.3, 0.4) is 0 Å². The van der Waals surface area contributed by atoms with Crippen molar-refractivity contribution in [3.05, 3.63) is 125 Å². The van der Waals surface area contributed by atoms with Crippen molar-refractivity contribution in [2.45, 2.75) is 6.61 Å². The van der Waals surface area contributed by atoms with Crippen LogP contribution in [0.1, 0.15) is 26.3 Å². The third-order valence-corrected chi connectivity index (χ3v) is 5.52. The molecule has 2 amide bonds. The Balaban J connectivity index is 1.26. The summed E-state index contributed by atoms with van der Waals surface area (Å²) in [5, 5.41) is 9.08. The molecule has 4 rings (SSSR count). The van der Waals surface area contributed by atoms with Gasteiger partial charge in [0.05, 0.1) is 0 Å². The smallest absolute Gasteiger partial charge is 0.257 e. The van der Waals surface area contributed by atoms with E-state index in [0.717, 1.165) is 11.3 Å². The molecule has 0 heterocycles. The Morgan fingerprint density at radius 1 is 0.722 bits per heavy atom. The topological polar surface area (TPSA) is 79.5 Å². The van der Waals surface area contributed by atoms with Gasteiger partial charge < -0.3 is 15.4 Å². The Labute approximate surface area is 219 Å². The zero-order valence-electron chi connectivity index (χ0n) is 19.0. The van der Waals surface area contributed by atoms with E-state index in [4.69, 9.17) is 28.6 Å². The van der Waals surface area contributed by atoms with Crippen molar-refractivity contribution in [2.75, 3.05) is 10.6 Å². The van der Waals surface area contributed by atoms with Crippen LogP contribution in [0.25, 0.3) is 0 Å². The second kappa shape index (κ2) is 12.0. The molecule has 6 nitrogen and oxygen atoms in total. The second-order valence-electron chi connectivity index (χ2n) is 7.75. The molecule has 0 radical (unpaired) electrons. The molecule has 180 valence electrons. The number of carbonyl (C=O) groups excluding carboxylic acids is 2. The van der Waals surface area contributed by atoms with E-state index in [9.17, 15) is 9.59 Å². The summed E-state index contributed by atoms with van der Waals surface area (Å²) in [6.07, 6.45) is 0. The van der Waals surface area contributed by atoms with Gasteiger partial charge >= 0.3 is 0 Å². The van der Waals surface area contributed by atoms with Gasteiger partial charge in [0.2, 0.25) is 0 Å². The van der Waals surface area contributed by atoms with Crippen LogP contribution >= 0.6 is 23.8 Å². The molecule has 0 bridgehead atoms. The standard InChI is InChI=1S/C28H22ClN3O3S/c29-22-6-4-5-21(17-22)27(34)30-23-13-15-24(16-14-23)31-28(36)32-26(33)20-11-9-19(10-12-20)18-35-25-7-2-1-3-8-25/h1-17H,18H2,(H,30,34)(H2,31,32,33,36). The van der Waals surface area contributed by atoms with Crippen LogP contribution in [0.15, 0.2) is 103 Å². The molecule has 4 aromatic rings. The third kappa shape index (κ3) is 7.15. The summed E-state index contributed by atoms with van der Waals surface area (Å²) in [5.41, 5.74) is 3.15. The van der Waals surface area contributed by atoms with Crippen molar-refractivity contribution < 1.29 is 14.3 Å². The molecule has 0 aliphatic carbocycles. The van der Waals surface area contributed by atoms with E-state index in [1.165, 1.54) is 0 Å². The van der Waals surface area contributed by atoms with Crippen LogP contribution in [0.4, 0.5) is 11.4 Å². The average molecular weight is 516 g/mol. The lowest BCUT2D eigenvalue weighted by atomic mass is 10.1. The van der Waals surface area contributed by atoms with Crippen LogP contribution in [0.2, 0.25) is 5.02 Å². The number of carbonyl (C=O) groups is 2. The van der Waals surface area contributed by atoms with Gasteiger partial charge in [0, 0.05) is 27.5 Å². The van der Waals surface area contributed by atoms with Crippen molar-refractivity contribution in [3.63, 3.8) is 0 Å². The first-order valence-electron chi connectivity index (χ1n) is 11.0. The summed E-state index contributed by atoms with van der Waals surface area (Å²) in [4.78, 5) is 24.9. The van der Waals surface area contributed by atoms with Gasteiger partial charge in [0.25, 0.3) is 11.8 Å². The molecular formula is C28H22ClN3O3S. The lowest BCUT2D eigenvalue weighted by Gasteiger charge is -2.11. The van der Waals surface area contributed by atoms with Gasteiger partial charge in [-0.15, -0.1) is 0 Å². The summed E-state index contributed by atoms with van der Waals surface area (Å²) < 4.78 is 5.72. The van der Waals surface area contributed by atoms with Crippen molar-refractivity contribution in [3.8, 4) is 5.75 Å². The molecule has 0 aromatic heterocycles. The molecule has 0 aliphatic rings. The lowest BCUT2D eigenvalue weighted by molar-refractivity contribution is 0.0976. The van der Waals surface area contributed by atoms with E-state index in [-0.39, 0.29) is 16.9 Å². The monoisotopic (exact) mass is 515 g/mol. The molecule has 0 saturated heterocycles. The van der Waals surface area contributed by atoms with E-state index in [1.807, 2.05) is 42.5 Å². The number of benzene rings is 4. The van der Waals surface area contributed by atoms with E-state index >= 15 is 0 Å². The highest BCUT2D eigenvalue weighted by Gasteiger charge is 2.10. The molecular weight excluding hydrogens is 494 g/mol. The van der Waals surface area contributed by atoms with Gasteiger partial charge in [0.1, 0.15) is 12.4 Å². The molecule has 4 aromatic carbocycles. The number of amides is 2. The molecule has 0 unspecified atom stereocenters. The Morgan fingerprint density at radius 3 is 2.06 bits per heavy atom. The largest absolute Gasteiger partial charge is 0.489 e. The fourth-order valence-corrected chi connectivity index (χ4v) is 3.64. The highest BCUT2D eigenvalue weighted by molar-refractivity contribution is 7.80. The SMILES string of the molecule is O=C(NC(=S)Nc1ccc(NC(=O)c2cccc(Cl)c2)cc1)c1ccc(COc2ccccc2)cc1. The molecule has 36 heavy (non-hydrogen) atoms. The van der Waals surface area contributed by atoms with Crippen LogP contribution in [-0.4, -0.2) is 16.9 Å². The quantitative estimate of drug-likeness (QED) is 0.252. The first-order chi connectivity index (χ1) is 17.5. The number of thiocarbonyl (C=S) groups is 1. The van der Waals surface area contributed by atoms with Crippen LogP contribution in [-0.2, 0) is 6.61 Å². The minimum absolute atomic E-state index is 0.159. The molecule has 0 saturated carbocycles. The highest BCUT2D eigenvalue weighted by Crippen LogP contribution is 2.17. The van der Waals surface area contributed by atoms with Gasteiger partial charge in [0.15, 0.2) is 5.11 Å².